The molecule has 1 aromatic carbocycles. The summed E-state index contributed by atoms with van der Waals surface area (Å²) >= 11 is 0. The molecule has 0 amide bonds. The number of aryl methyl sites for hydroxylation is 1. The standard InChI is InChI=1S/C19H14FN7O/c1-26-11-21-16(24-26)10-28-19-14(12-5-4-6-12)9-17-22-23-18(27(17)25-19)13-7-2-3-8-15(13)20/h2-9,11H,10H2,1H3. The fourth-order valence-corrected chi connectivity index (χ4v) is 2.89. The lowest BCUT2D eigenvalue weighted by molar-refractivity contribution is 0.278. The van der Waals surface area contributed by atoms with Gasteiger partial charge in [0.15, 0.2) is 23.9 Å². The lowest BCUT2D eigenvalue weighted by atomic mass is 10.0. The van der Waals surface area contributed by atoms with Gasteiger partial charge >= 0.3 is 0 Å². The molecule has 138 valence electrons. The van der Waals surface area contributed by atoms with E-state index in [1.165, 1.54) is 10.6 Å². The molecule has 0 fully saturated rings. The van der Waals surface area contributed by atoms with Crippen LogP contribution in [0.3, 0.4) is 0 Å². The van der Waals surface area contributed by atoms with Crippen molar-refractivity contribution < 1.29 is 9.13 Å². The predicted molar refractivity (Wildman–Crippen MR) is 98.6 cm³/mol. The number of fused-ring (bicyclic) bond motifs is 1. The van der Waals surface area contributed by atoms with Crippen LogP contribution in [0.4, 0.5) is 4.39 Å². The van der Waals surface area contributed by atoms with Crippen molar-refractivity contribution in [2.75, 3.05) is 0 Å². The third-order valence-electron chi connectivity index (χ3n) is 4.32. The second kappa shape index (κ2) is 6.38. The van der Waals surface area contributed by atoms with Crippen molar-refractivity contribution in [1.29, 1.82) is 0 Å². The molecule has 4 aromatic rings. The molecule has 0 spiro atoms. The smallest absolute Gasteiger partial charge is 0.240 e. The van der Waals surface area contributed by atoms with Gasteiger partial charge < -0.3 is 4.74 Å². The van der Waals surface area contributed by atoms with E-state index in [2.05, 4.69) is 25.4 Å². The average Bonchev–Trinajstić information content (AvgIpc) is 3.24. The molecule has 0 atom stereocenters. The fourth-order valence-electron chi connectivity index (χ4n) is 2.89. The van der Waals surface area contributed by atoms with Gasteiger partial charge in [0.05, 0.1) is 5.56 Å². The van der Waals surface area contributed by atoms with Crippen LogP contribution in [0, 0.1) is 5.82 Å². The van der Waals surface area contributed by atoms with Gasteiger partial charge in [0.25, 0.3) is 0 Å². The number of allylic oxidation sites excluding steroid dienone is 4. The minimum absolute atomic E-state index is 0.153. The summed E-state index contributed by atoms with van der Waals surface area (Å²) in [5, 5.41) is 17.0. The number of rotatable bonds is 5. The molecule has 5 rings (SSSR count). The SMILES string of the molecule is Cn1cnc(COc2nn3c(-c4ccccc4F)nnc3cc2C2=CC=C2)n1. The minimum Gasteiger partial charge on any atom is -0.468 e. The second-order valence-corrected chi connectivity index (χ2v) is 6.24. The van der Waals surface area contributed by atoms with Gasteiger partial charge in [-0.1, -0.05) is 30.4 Å². The number of ether oxygens (including phenoxy) is 1. The van der Waals surface area contributed by atoms with E-state index in [-0.39, 0.29) is 6.61 Å². The van der Waals surface area contributed by atoms with E-state index in [0.717, 1.165) is 11.1 Å². The number of aromatic nitrogens is 7. The van der Waals surface area contributed by atoms with Crippen LogP contribution in [0.15, 0.2) is 54.9 Å². The molecule has 0 aliphatic heterocycles. The van der Waals surface area contributed by atoms with Crippen molar-refractivity contribution in [3.05, 3.63) is 72.1 Å². The largest absolute Gasteiger partial charge is 0.468 e. The molecule has 28 heavy (non-hydrogen) atoms. The van der Waals surface area contributed by atoms with Crippen LogP contribution in [-0.2, 0) is 13.7 Å². The first-order chi connectivity index (χ1) is 13.7. The first-order valence-corrected chi connectivity index (χ1v) is 8.56. The maximum atomic E-state index is 14.2. The van der Waals surface area contributed by atoms with Gasteiger partial charge in [0, 0.05) is 12.6 Å². The predicted octanol–water partition coefficient (Wildman–Crippen LogP) is 2.59. The van der Waals surface area contributed by atoms with Crippen LogP contribution < -0.4 is 4.74 Å². The van der Waals surface area contributed by atoms with Gasteiger partial charge in [-0.3, -0.25) is 4.68 Å². The van der Waals surface area contributed by atoms with E-state index < -0.39 is 5.82 Å². The molecule has 0 saturated heterocycles. The van der Waals surface area contributed by atoms with E-state index in [9.17, 15) is 4.39 Å². The Morgan fingerprint density at radius 3 is 2.68 bits per heavy atom. The Kier molecular flexibility index (Phi) is 3.71. The van der Waals surface area contributed by atoms with Crippen LogP contribution in [0.25, 0.3) is 22.6 Å². The van der Waals surface area contributed by atoms with Crippen molar-refractivity contribution in [3.8, 4) is 17.3 Å². The summed E-state index contributed by atoms with van der Waals surface area (Å²) in [6.45, 7) is 0.153. The topological polar surface area (TPSA) is 83.0 Å². The monoisotopic (exact) mass is 375 g/mol. The van der Waals surface area contributed by atoms with Crippen molar-refractivity contribution >= 4 is 11.2 Å². The molecular weight excluding hydrogens is 361 g/mol. The van der Waals surface area contributed by atoms with Gasteiger partial charge in [-0.2, -0.15) is 9.61 Å². The van der Waals surface area contributed by atoms with E-state index in [4.69, 9.17) is 4.74 Å². The summed E-state index contributed by atoms with van der Waals surface area (Å²) < 4.78 is 23.2. The van der Waals surface area contributed by atoms with Crippen LogP contribution in [0.1, 0.15) is 11.4 Å². The molecule has 3 heterocycles. The van der Waals surface area contributed by atoms with E-state index in [1.54, 1.807) is 36.3 Å². The summed E-state index contributed by atoms with van der Waals surface area (Å²) in [5.41, 5.74) is 2.56. The summed E-state index contributed by atoms with van der Waals surface area (Å²) in [4.78, 5) is 4.16. The Morgan fingerprint density at radius 1 is 1.11 bits per heavy atom. The quantitative estimate of drug-likeness (QED) is 0.533. The highest BCUT2D eigenvalue weighted by Gasteiger charge is 2.19. The molecule has 1 aliphatic carbocycles. The fraction of sp³-hybridized carbons (Fsp3) is 0.105. The van der Waals surface area contributed by atoms with Gasteiger partial charge in [-0.05, 0) is 23.8 Å². The Labute approximate surface area is 158 Å². The molecule has 0 radical (unpaired) electrons. The zero-order chi connectivity index (χ0) is 19.1. The highest BCUT2D eigenvalue weighted by Crippen LogP contribution is 2.31. The van der Waals surface area contributed by atoms with Gasteiger partial charge in [-0.15, -0.1) is 15.3 Å². The Balaban J connectivity index is 1.59. The summed E-state index contributed by atoms with van der Waals surface area (Å²) in [6.07, 6.45) is 7.43. The van der Waals surface area contributed by atoms with Gasteiger partial charge in [0.1, 0.15) is 12.1 Å². The Bertz CT molecular complexity index is 1250. The molecule has 0 unspecified atom stereocenters. The average molecular weight is 375 g/mol. The van der Waals surface area contributed by atoms with Crippen molar-refractivity contribution in [2.45, 2.75) is 6.61 Å². The highest BCUT2D eigenvalue weighted by molar-refractivity contribution is 5.84. The van der Waals surface area contributed by atoms with Crippen LogP contribution >= 0.6 is 0 Å². The third-order valence-corrected chi connectivity index (χ3v) is 4.32. The Hall–Kier alpha value is -3.88. The second-order valence-electron chi connectivity index (χ2n) is 6.24. The van der Waals surface area contributed by atoms with Crippen LogP contribution in [0.2, 0.25) is 0 Å². The number of benzene rings is 1. The maximum absolute atomic E-state index is 14.2. The third kappa shape index (κ3) is 2.73. The normalized spacial score (nSPS) is 12.9. The van der Waals surface area contributed by atoms with Crippen molar-refractivity contribution in [3.63, 3.8) is 0 Å². The van der Waals surface area contributed by atoms with Gasteiger partial charge in [-0.25, -0.2) is 9.37 Å². The zero-order valence-corrected chi connectivity index (χ0v) is 14.8. The molecular formula is C19H14FN7O. The lowest BCUT2D eigenvalue weighted by Crippen LogP contribution is -2.07. The molecule has 0 bridgehead atoms. The lowest BCUT2D eigenvalue weighted by Gasteiger charge is -2.13. The Morgan fingerprint density at radius 2 is 1.96 bits per heavy atom. The first-order valence-electron chi connectivity index (χ1n) is 8.56. The molecule has 0 saturated carbocycles. The van der Waals surface area contributed by atoms with E-state index in [1.807, 2.05) is 24.3 Å². The molecule has 9 heteroatoms. The number of halogens is 1. The summed E-state index contributed by atoms with van der Waals surface area (Å²) in [6, 6.07) is 8.19. The molecule has 8 nitrogen and oxygen atoms in total. The number of nitrogens with zero attached hydrogens (tertiary/aromatic N) is 7. The van der Waals surface area contributed by atoms with Crippen LogP contribution in [0.5, 0.6) is 5.88 Å². The molecule has 1 aliphatic rings. The summed E-state index contributed by atoms with van der Waals surface area (Å²) in [5.74, 6) is 0.811. The van der Waals surface area contributed by atoms with Crippen LogP contribution in [-0.4, -0.2) is 34.6 Å². The number of hydrogen-bond acceptors (Lipinski definition) is 6. The maximum Gasteiger partial charge on any atom is 0.240 e. The number of hydrogen-bond donors (Lipinski definition) is 0. The summed E-state index contributed by atoms with van der Waals surface area (Å²) in [7, 11) is 1.79. The van der Waals surface area contributed by atoms with Gasteiger partial charge in [0.2, 0.25) is 5.88 Å². The molecule has 3 aromatic heterocycles. The minimum atomic E-state index is -0.396. The first kappa shape index (κ1) is 16.3. The van der Waals surface area contributed by atoms with E-state index in [0.29, 0.717) is 28.7 Å². The highest BCUT2D eigenvalue weighted by atomic mass is 19.1. The van der Waals surface area contributed by atoms with E-state index >= 15 is 0 Å². The van der Waals surface area contributed by atoms with Crippen molar-refractivity contribution in [1.82, 2.24) is 34.6 Å². The molecule has 0 N–H and O–H groups in total. The van der Waals surface area contributed by atoms with Crippen molar-refractivity contribution in [2.24, 2.45) is 7.05 Å². The zero-order valence-electron chi connectivity index (χ0n) is 14.8.